The van der Waals surface area contributed by atoms with E-state index in [1.807, 2.05) is 30.0 Å². The summed E-state index contributed by atoms with van der Waals surface area (Å²) in [4.78, 5) is 40.6. The Hall–Kier alpha value is -2.37. The first-order valence-corrected chi connectivity index (χ1v) is 9.78. The van der Waals surface area contributed by atoms with Crippen molar-refractivity contribution in [1.82, 2.24) is 9.80 Å². The predicted molar refractivity (Wildman–Crippen MR) is 99.2 cm³/mol. The fraction of sp³-hybridized carbons (Fsp3) is 0.571. The summed E-state index contributed by atoms with van der Waals surface area (Å²) in [5.41, 5.74) is 1.33. The molecule has 1 atom stereocenters. The maximum atomic E-state index is 13.0. The van der Waals surface area contributed by atoms with Crippen molar-refractivity contribution in [2.45, 2.75) is 45.1 Å². The normalized spacial score (nSPS) is 24.3. The topological polar surface area (TPSA) is 77.9 Å². The highest BCUT2D eigenvalue weighted by molar-refractivity contribution is 5.97. The van der Waals surface area contributed by atoms with Crippen LogP contribution in [0.1, 0.15) is 48.0 Å². The lowest BCUT2D eigenvalue weighted by Crippen LogP contribution is -2.45. The van der Waals surface area contributed by atoms with E-state index in [1.165, 1.54) is 4.90 Å². The Bertz CT molecular complexity index is 778. The Labute approximate surface area is 159 Å². The number of carboxylic acids is 1. The van der Waals surface area contributed by atoms with E-state index in [1.54, 1.807) is 6.07 Å². The number of piperidine rings is 1. The highest BCUT2D eigenvalue weighted by Gasteiger charge is 2.50. The van der Waals surface area contributed by atoms with Crippen molar-refractivity contribution in [2.75, 3.05) is 19.6 Å². The van der Waals surface area contributed by atoms with Crippen LogP contribution in [0.3, 0.4) is 0 Å². The molecule has 2 aliphatic heterocycles. The summed E-state index contributed by atoms with van der Waals surface area (Å²) in [6.07, 6.45) is 4.02. The Morgan fingerprint density at radius 1 is 1.15 bits per heavy atom. The smallest absolute Gasteiger partial charge is 0.326 e. The monoisotopic (exact) mass is 370 g/mol. The minimum Gasteiger partial charge on any atom is -0.480 e. The molecule has 1 unspecified atom stereocenters. The molecule has 1 N–H and O–H groups in total. The Balaban J connectivity index is 1.49. The van der Waals surface area contributed by atoms with Crippen molar-refractivity contribution in [3.8, 4) is 0 Å². The maximum absolute atomic E-state index is 13.0. The van der Waals surface area contributed by atoms with Gasteiger partial charge < -0.3 is 14.9 Å². The van der Waals surface area contributed by atoms with Crippen LogP contribution < -0.4 is 0 Å². The van der Waals surface area contributed by atoms with E-state index in [0.29, 0.717) is 31.6 Å². The first-order valence-electron chi connectivity index (χ1n) is 9.78. The standard InChI is InChI=1S/C21H26N2O4/c1-14-3-2-4-16(11-14)19(25)23-13-21(12-17(23)20(26)27)7-9-22(10-8-21)18(24)15-5-6-15/h2-4,11,15,17H,5-10,12-13H2,1H3,(H,26,27). The summed E-state index contributed by atoms with van der Waals surface area (Å²) in [5.74, 6) is -0.678. The van der Waals surface area contributed by atoms with E-state index in [0.717, 1.165) is 31.2 Å². The van der Waals surface area contributed by atoms with E-state index in [-0.39, 0.29) is 23.1 Å². The second-order valence-electron chi connectivity index (χ2n) is 8.46. The molecule has 6 nitrogen and oxygen atoms in total. The molecule has 3 fully saturated rings. The third-order valence-corrected chi connectivity index (χ3v) is 6.38. The molecule has 0 radical (unpaired) electrons. The molecular formula is C21H26N2O4. The highest BCUT2D eigenvalue weighted by Crippen LogP contribution is 2.45. The summed E-state index contributed by atoms with van der Waals surface area (Å²) in [7, 11) is 0. The van der Waals surface area contributed by atoms with Crippen molar-refractivity contribution in [3.63, 3.8) is 0 Å². The minimum absolute atomic E-state index is 0.192. The van der Waals surface area contributed by atoms with Crippen molar-refractivity contribution >= 4 is 17.8 Å². The molecule has 144 valence electrons. The van der Waals surface area contributed by atoms with Crippen LogP contribution in [0.15, 0.2) is 24.3 Å². The molecule has 2 amide bonds. The van der Waals surface area contributed by atoms with Crippen molar-refractivity contribution in [2.24, 2.45) is 11.3 Å². The summed E-state index contributed by atoms with van der Waals surface area (Å²) >= 11 is 0. The molecule has 0 bridgehead atoms. The van der Waals surface area contributed by atoms with Crippen molar-refractivity contribution in [1.29, 1.82) is 0 Å². The largest absolute Gasteiger partial charge is 0.480 e. The number of likely N-dealkylation sites (tertiary alicyclic amines) is 2. The zero-order chi connectivity index (χ0) is 19.2. The number of hydrogen-bond acceptors (Lipinski definition) is 3. The maximum Gasteiger partial charge on any atom is 0.326 e. The fourth-order valence-electron chi connectivity index (χ4n) is 4.59. The molecule has 1 saturated carbocycles. The number of amides is 2. The molecule has 2 heterocycles. The molecule has 1 aliphatic carbocycles. The highest BCUT2D eigenvalue weighted by atomic mass is 16.4. The number of hydrogen-bond donors (Lipinski definition) is 1. The van der Waals surface area contributed by atoms with Gasteiger partial charge in [-0.25, -0.2) is 4.79 Å². The van der Waals surface area contributed by atoms with Crippen LogP contribution in [0.2, 0.25) is 0 Å². The minimum atomic E-state index is -0.940. The van der Waals surface area contributed by atoms with E-state index < -0.39 is 12.0 Å². The molecule has 4 rings (SSSR count). The third kappa shape index (κ3) is 3.45. The van der Waals surface area contributed by atoms with Crippen molar-refractivity contribution < 1.29 is 19.5 Å². The predicted octanol–water partition coefficient (Wildman–Crippen LogP) is 2.31. The number of aryl methyl sites for hydroxylation is 1. The lowest BCUT2D eigenvalue weighted by atomic mass is 9.76. The zero-order valence-electron chi connectivity index (χ0n) is 15.7. The number of nitrogens with zero attached hydrogens (tertiary/aromatic N) is 2. The van der Waals surface area contributed by atoms with Gasteiger partial charge in [0.1, 0.15) is 6.04 Å². The summed E-state index contributed by atoms with van der Waals surface area (Å²) in [6, 6.07) is 6.51. The Kier molecular flexibility index (Phi) is 4.44. The molecule has 6 heteroatoms. The van der Waals surface area contributed by atoms with Crippen LogP contribution in [-0.2, 0) is 9.59 Å². The van der Waals surface area contributed by atoms with Gasteiger partial charge in [-0.3, -0.25) is 9.59 Å². The molecule has 1 aromatic carbocycles. The van der Waals surface area contributed by atoms with Gasteiger partial charge in [-0.05, 0) is 56.6 Å². The number of carbonyl (C=O) groups is 3. The van der Waals surface area contributed by atoms with Crippen LogP contribution in [0.5, 0.6) is 0 Å². The van der Waals surface area contributed by atoms with Gasteiger partial charge >= 0.3 is 5.97 Å². The van der Waals surface area contributed by atoms with Gasteiger partial charge in [-0.15, -0.1) is 0 Å². The first-order chi connectivity index (χ1) is 12.9. The zero-order valence-corrected chi connectivity index (χ0v) is 15.7. The molecule has 1 aromatic rings. The lowest BCUT2D eigenvalue weighted by molar-refractivity contribution is -0.141. The number of benzene rings is 1. The molecular weight excluding hydrogens is 344 g/mol. The van der Waals surface area contributed by atoms with Gasteiger partial charge in [0.2, 0.25) is 5.91 Å². The van der Waals surface area contributed by atoms with Crippen LogP contribution in [0.25, 0.3) is 0 Å². The Morgan fingerprint density at radius 3 is 2.44 bits per heavy atom. The average Bonchev–Trinajstić information content (AvgIpc) is 3.44. The first kappa shape index (κ1) is 18.0. The average molecular weight is 370 g/mol. The Morgan fingerprint density at radius 2 is 1.85 bits per heavy atom. The van der Waals surface area contributed by atoms with Gasteiger partial charge in [0.15, 0.2) is 0 Å². The summed E-state index contributed by atoms with van der Waals surface area (Å²) < 4.78 is 0. The van der Waals surface area contributed by atoms with Crippen molar-refractivity contribution in [3.05, 3.63) is 35.4 Å². The summed E-state index contributed by atoms with van der Waals surface area (Å²) in [6.45, 7) is 3.73. The van der Waals surface area contributed by atoms with Gasteiger partial charge in [-0.2, -0.15) is 0 Å². The quantitative estimate of drug-likeness (QED) is 0.886. The van der Waals surface area contributed by atoms with Gasteiger partial charge in [0.25, 0.3) is 5.91 Å². The van der Waals surface area contributed by atoms with Gasteiger partial charge in [0, 0.05) is 31.1 Å². The molecule has 1 spiro atoms. The van der Waals surface area contributed by atoms with E-state index in [9.17, 15) is 19.5 Å². The fourth-order valence-corrected chi connectivity index (χ4v) is 4.59. The second-order valence-corrected chi connectivity index (χ2v) is 8.46. The van der Waals surface area contributed by atoms with Crippen LogP contribution >= 0.6 is 0 Å². The van der Waals surface area contributed by atoms with Gasteiger partial charge in [0.05, 0.1) is 0 Å². The van der Waals surface area contributed by atoms with E-state index in [2.05, 4.69) is 0 Å². The van der Waals surface area contributed by atoms with Crippen LogP contribution in [-0.4, -0.2) is 58.4 Å². The number of rotatable bonds is 3. The molecule has 27 heavy (non-hydrogen) atoms. The third-order valence-electron chi connectivity index (χ3n) is 6.38. The summed E-state index contributed by atoms with van der Waals surface area (Å²) in [5, 5.41) is 9.71. The second kappa shape index (κ2) is 6.66. The van der Waals surface area contributed by atoms with Gasteiger partial charge in [-0.1, -0.05) is 17.7 Å². The molecule has 3 aliphatic rings. The molecule has 0 aromatic heterocycles. The lowest BCUT2D eigenvalue weighted by Gasteiger charge is -2.39. The number of carbonyl (C=O) groups excluding carboxylic acids is 2. The molecule has 2 saturated heterocycles. The van der Waals surface area contributed by atoms with Crippen LogP contribution in [0.4, 0.5) is 0 Å². The number of aliphatic carboxylic acids is 1. The van der Waals surface area contributed by atoms with E-state index in [4.69, 9.17) is 0 Å². The van der Waals surface area contributed by atoms with E-state index >= 15 is 0 Å². The van der Waals surface area contributed by atoms with Crippen LogP contribution in [0, 0.1) is 18.3 Å². The number of carboxylic acid groups (broad SMARTS) is 1. The SMILES string of the molecule is Cc1cccc(C(=O)N2CC3(CCN(C(=O)C4CC4)CC3)CC2C(=O)O)c1.